The van der Waals surface area contributed by atoms with Crippen molar-refractivity contribution in [2.24, 2.45) is 0 Å². The van der Waals surface area contributed by atoms with Crippen molar-refractivity contribution < 1.29 is 14.3 Å². The van der Waals surface area contributed by atoms with Gasteiger partial charge in [-0.25, -0.2) is 0 Å². The van der Waals surface area contributed by atoms with Crippen LogP contribution in [0.25, 0.3) is 0 Å². The van der Waals surface area contributed by atoms with Crippen LogP contribution in [0, 0.1) is 0 Å². The largest absolute Gasteiger partial charge is 0.486 e. The fourth-order valence-corrected chi connectivity index (χ4v) is 2.17. The lowest BCUT2D eigenvalue weighted by Crippen LogP contribution is -2.22. The highest BCUT2D eigenvalue weighted by molar-refractivity contribution is 5.91. The molecule has 0 saturated heterocycles. The van der Waals surface area contributed by atoms with Crippen LogP contribution in [0.1, 0.15) is 32.6 Å². The maximum Gasteiger partial charge on any atom is 0.225 e. The molecule has 1 aliphatic rings. The van der Waals surface area contributed by atoms with Crippen molar-refractivity contribution in [1.82, 2.24) is 5.32 Å². The van der Waals surface area contributed by atoms with Crippen LogP contribution < -0.4 is 20.1 Å². The van der Waals surface area contributed by atoms with E-state index in [4.69, 9.17) is 9.47 Å². The van der Waals surface area contributed by atoms with Gasteiger partial charge in [0.2, 0.25) is 5.91 Å². The Morgan fingerprint density at radius 3 is 2.76 bits per heavy atom. The summed E-state index contributed by atoms with van der Waals surface area (Å²) in [6.07, 6.45) is 4.09. The average molecular weight is 292 g/mol. The maximum atomic E-state index is 11.8. The van der Waals surface area contributed by atoms with Crippen molar-refractivity contribution in [3.63, 3.8) is 0 Å². The molecule has 1 aromatic carbocycles. The molecule has 5 heteroatoms. The summed E-state index contributed by atoms with van der Waals surface area (Å²) < 4.78 is 10.9. The second kappa shape index (κ2) is 8.52. The van der Waals surface area contributed by atoms with E-state index >= 15 is 0 Å². The monoisotopic (exact) mass is 292 g/mol. The van der Waals surface area contributed by atoms with Crippen molar-refractivity contribution in [1.29, 1.82) is 0 Å². The van der Waals surface area contributed by atoms with Crippen LogP contribution in [0.2, 0.25) is 0 Å². The van der Waals surface area contributed by atoms with Crippen molar-refractivity contribution in [3.8, 4) is 11.5 Å². The molecule has 0 bridgehead atoms. The first kappa shape index (κ1) is 15.6. The summed E-state index contributed by atoms with van der Waals surface area (Å²) in [6, 6.07) is 5.47. The molecule has 0 saturated carbocycles. The number of amides is 1. The van der Waals surface area contributed by atoms with Crippen LogP contribution in [-0.2, 0) is 4.79 Å². The van der Waals surface area contributed by atoms with Crippen LogP contribution in [0.3, 0.4) is 0 Å². The minimum Gasteiger partial charge on any atom is -0.486 e. The average Bonchev–Trinajstić information content (AvgIpc) is 2.50. The Bertz CT molecular complexity index is 463. The highest BCUT2D eigenvalue weighted by Crippen LogP contribution is 2.32. The predicted molar refractivity (Wildman–Crippen MR) is 83.1 cm³/mol. The number of carbonyl (C=O) groups excluding carboxylic acids is 1. The molecule has 0 radical (unpaired) electrons. The minimum absolute atomic E-state index is 0.00895. The molecule has 0 unspecified atom stereocenters. The van der Waals surface area contributed by atoms with Gasteiger partial charge >= 0.3 is 0 Å². The van der Waals surface area contributed by atoms with Gasteiger partial charge in [-0.05, 0) is 25.1 Å². The lowest BCUT2D eigenvalue weighted by Gasteiger charge is -2.19. The van der Waals surface area contributed by atoms with Gasteiger partial charge < -0.3 is 20.1 Å². The molecule has 0 spiro atoms. The van der Waals surface area contributed by atoms with E-state index in [-0.39, 0.29) is 5.91 Å². The number of hydrogen-bond acceptors (Lipinski definition) is 4. The zero-order chi connectivity index (χ0) is 14.9. The van der Waals surface area contributed by atoms with E-state index in [1.807, 2.05) is 12.1 Å². The van der Waals surface area contributed by atoms with Gasteiger partial charge in [0.05, 0.1) is 0 Å². The van der Waals surface area contributed by atoms with Crippen molar-refractivity contribution >= 4 is 11.6 Å². The Labute approximate surface area is 126 Å². The van der Waals surface area contributed by atoms with E-state index in [1.165, 1.54) is 19.3 Å². The highest BCUT2D eigenvalue weighted by Gasteiger charge is 2.12. The van der Waals surface area contributed by atoms with E-state index in [0.717, 1.165) is 18.0 Å². The predicted octanol–water partition coefficient (Wildman–Crippen LogP) is 2.57. The Balaban J connectivity index is 1.70. The van der Waals surface area contributed by atoms with Crippen LogP contribution >= 0.6 is 0 Å². The molecule has 0 aliphatic carbocycles. The number of fused-ring (bicyclic) bond motifs is 1. The van der Waals surface area contributed by atoms with E-state index < -0.39 is 0 Å². The molecule has 2 rings (SSSR count). The first-order valence-corrected chi connectivity index (χ1v) is 7.70. The second-order valence-corrected chi connectivity index (χ2v) is 5.11. The number of rotatable bonds is 8. The van der Waals surface area contributed by atoms with Gasteiger partial charge in [0.1, 0.15) is 13.2 Å². The minimum atomic E-state index is 0.00895. The molecule has 0 atom stereocenters. The Hall–Kier alpha value is -1.75. The fourth-order valence-electron chi connectivity index (χ4n) is 2.17. The topological polar surface area (TPSA) is 59.6 Å². The third-order valence-corrected chi connectivity index (χ3v) is 3.31. The quantitative estimate of drug-likeness (QED) is 0.723. The molecule has 2 N–H and O–H groups in total. The first-order chi connectivity index (χ1) is 10.3. The van der Waals surface area contributed by atoms with Crippen molar-refractivity contribution in [2.45, 2.75) is 32.6 Å². The van der Waals surface area contributed by atoms with Gasteiger partial charge in [0.15, 0.2) is 11.5 Å². The molecule has 0 fully saturated rings. The van der Waals surface area contributed by atoms with Gasteiger partial charge in [-0.1, -0.05) is 19.8 Å². The van der Waals surface area contributed by atoms with E-state index in [2.05, 4.69) is 17.6 Å². The number of carbonyl (C=O) groups is 1. The molecule has 1 amide bonds. The summed E-state index contributed by atoms with van der Waals surface area (Å²) in [7, 11) is 0. The van der Waals surface area contributed by atoms with Gasteiger partial charge in [-0.2, -0.15) is 0 Å². The number of benzene rings is 1. The summed E-state index contributed by atoms with van der Waals surface area (Å²) in [5.74, 6) is 1.43. The summed E-state index contributed by atoms with van der Waals surface area (Å²) >= 11 is 0. The number of nitrogens with one attached hydrogen (secondary N) is 2. The lowest BCUT2D eigenvalue weighted by molar-refractivity contribution is -0.116. The molecular formula is C16H24N2O3. The Morgan fingerprint density at radius 1 is 1.14 bits per heavy atom. The zero-order valence-electron chi connectivity index (χ0n) is 12.6. The molecule has 1 heterocycles. The summed E-state index contributed by atoms with van der Waals surface area (Å²) in [6.45, 7) is 4.99. The number of unbranched alkanes of at least 4 members (excludes halogenated alkanes) is 2. The third-order valence-electron chi connectivity index (χ3n) is 3.31. The van der Waals surface area contributed by atoms with Gasteiger partial charge in [0.25, 0.3) is 0 Å². The van der Waals surface area contributed by atoms with Crippen LogP contribution in [-0.4, -0.2) is 32.2 Å². The summed E-state index contributed by atoms with van der Waals surface area (Å²) in [5.41, 5.74) is 0.746. The molecule has 0 aromatic heterocycles. The highest BCUT2D eigenvalue weighted by atomic mass is 16.6. The second-order valence-electron chi connectivity index (χ2n) is 5.11. The van der Waals surface area contributed by atoms with E-state index in [1.54, 1.807) is 6.07 Å². The molecule has 1 aromatic rings. The number of hydrogen-bond donors (Lipinski definition) is 2. The zero-order valence-corrected chi connectivity index (χ0v) is 12.6. The molecule has 5 nitrogen and oxygen atoms in total. The normalized spacial score (nSPS) is 13.0. The Kier molecular flexibility index (Phi) is 6.34. The number of anilines is 1. The summed E-state index contributed by atoms with van der Waals surface area (Å²) in [5, 5.41) is 6.16. The van der Waals surface area contributed by atoms with E-state index in [9.17, 15) is 4.79 Å². The van der Waals surface area contributed by atoms with Gasteiger partial charge in [-0.15, -0.1) is 0 Å². The molecular weight excluding hydrogens is 268 g/mol. The molecule has 1 aliphatic heterocycles. The third kappa shape index (κ3) is 5.27. The molecule has 21 heavy (non-hydrogen) atoms. The maximum absolute atomic E-state index is 11.8. The first-order valence-electron chi connectivity index (χ1n) is 7.70. The van der Waals surface area contributed by atoms with E-state index in [0.29, 0.717) is 31.9 Å². The molecule has 116 valence electrons. The van der Waals surface area contributed by atoms with Crippen molar-refractivity contribution in [2.75, 3.05) is 31.6 Å². The lowest BCUT2D eigenvalue weighted by atomic mass is 10.2. The SMILES string of the molecule is CCCCCNCCC(=O)Nc1ccc2c(c1)OCCO2. The van der Waals surface area contributed by atoms with Crippen LogP contribution in [0.4, 0.5) is 5.69 Å². The van der Waals surface area contributed by atoms with Gasteiger partial charge in [0, 0.05) is 24.7 Å². The fraction of sp³-hybridized carbons (Fsp3) is 0.562. The van der Waals surface area contributed by atoms with Crippen LogP contribution in [0.5, 0.6) is 11.5 Å². The van der Waals surface area contributed by atoms with Gasteiger partial charge in [-0.3, -0.25) is 4.79 Å². The Morgan fingerprint density at radius 2 is 1.95 bits per heavy atom. The smallest absolute Gasteiger partial charge is 0.225 e. The summed E-state index contributed by atoms with van der Waals surface area (Å²) in [4.78, 5) is 11.8. The number of ether oxygens (including phenoxy) is 2. The standard InChI is InChI=1S/C16H24N2O3/c1-2-3-4-8-17-9-7-16(19)18-13-5-6-14-15(12-13)21-11-10-20-14/h5-6,12,17H,2-4,7-11H2,1H3,(H,18,19). The van der Waals surface area contributed by atoms with Crippen molar-refractivity contribution in [3.05, 3.63) is 18.2 Å². The van der Waals surface area contributed by atoms with Crippen LogP contribution in [0.15, 0.2) is 18.2 Å².